The van der Waals surface area contributed by atoms with Crippen LogP contribution >= 0.6 is 0 Å². The van der Waals surface area contributed by atoms with Crippen LogP contribution in [0.4, 0.5) is 0 Å². The van der Waals surface area contributed by atoms with Crippen LogP contribution < -0.4 is 0 Å². The fraction of sp³-hybridized carbons (Fsp3) is 0.686. The second-order valence-electron chi connectivity index (χ2n) is 18.2. The number of rotatable bonds is 15. The Morgan fingerprint density at radius 3 is 1.33 bits per heavy atom. The van der Waals surface area contributed by atoms with Crippen molar-refractivity contribution in [1.29, 1.82) is 0 Å². The van der Waals surface area contributed by atoms with E-state index in [4.69, 9.17) is 14.2 Å². The predicted molar refractivity (Wildman–Crippen MR) is 231 cm³/mol. The Morgan fingerprint density at radius 1 is 0.444 bits per heavy atom. The quantitative estimate of drug-likeness (QED) is 0.170. The van der Waals surface area contributed by atoms with Gasteiger partial charge in [-0.15, -0.1) is 0 Å². The highest BCUT2D eigenvalue weighted by Crippen LogP contribution is 2.38. The molecule has 4 aliphatic carbocycles. The summed E-state index contributed by atoms with van der Waals surface area (Å²) in [5, 5.41) is 0. The zero-order chi connectivity index (χ0) is 38.4. The van der Waals surface area contributed by atoms with Gasteiger partial charge in [-0.3, -0.25) is 0 Å². The normalized spacial score (nSPS) is 22.6. The van der Waals surface area contributed by atoms with E-state index in [0.717, 1.165) is 31.7 Å². The summed E-state index contributed by atoms with van der Waals surface area (Å²) >= 11 is 0. The van der Waals surface area contributed by atoms with E-state index in [2.05, 4.69) is 127 Å². The van der Waals surface area contributed by atoms with E-state index in [1.807, 2.05) is 0 Å². The lowest BCUT2D eigenvalue weighted by Crippen LogP contribution is -2.34. The number of benzene rings is 2. The molecule has 2 fully saturated rings. The molecule has 0 amide bonds. The van der Waals surface area contributed by atoms with Crippen LogP contribution in [0.25, 0.3) is 0 Å². The fourth-order valence-corrected chi connectivity index (χ4v) is 8.86. The lowest BCUT2D eigenvalue weighted by molar-refractivity contribution is -0.0390. The summed E-state index contributed by atoms with van der Waals surface area (Å²) in [5.41, 5.74) is 2.68. The molecule has 0 spiro atoms. The third kappa shape index (κ3) is 16.5. The summed E-state index contributed by atoms with van der Waals surface area (Å²) in [5.74, 6) is 4.64. The molecule has 2 saturated carbocycles. The standard InChI is InChI=1S/C17H30O.C17H26O.C17H24O/c3*1-14(2)13-18-17(15-9-5-3-6-10-15)16-11-7-4-8-12-16/h5,9,14-17H,3-4,6-8,10-13H2,1-2H3;3,5-6,9-10,14,16-17H,4,7-8,11-13H2,1-2H3;3,5-7,9-11,14,16-17H,4,8,12-13H2,1-2H3. The minimum Gasteiger partial charge on any atom is -0.377 e. The average Bonchev–Trinajstić information content (AvgIpc) is 3.21. The van der Waals surface area contributed by atoms with Crippen LogP contribution in [0, 0.1) is 41.4 Å². The molecule has 0 saturated heterocycles. The SMILES string of the molecule is CC(C)COC(C1C=CCCC1)C1CCCCC1.CC(C)COC(c1ccccc1)C1C=CCCC1.CC(C)COC(c1ccccc1)C1CCCCC1. The highest BCUT2D eigenvalue weighted by molar-refractivity contribution is 5.20. The van der Waals surface area contributed by atoms with Gasteiger partial charge >= 0.3 is 0 Å². The molecule has 54 heavy (non-hydrogen) atoms. The van der Waals surface area contributed by atoms with Crippen LogP contribution in [-0.2, 0) is 14.2 Å². The first-order valence-electron chi connectivity index (χ1n) is 22.6. The Kier molecular flexibility index (Phi) is 21.3. The molecule has 5 unspecified atom stereocenters. The van der Waals surface area contributed by atoms with Crippen molar-refractivity contribution >= 4 is 0 Å². The summed E-state index contributed by atoms with van der Waals surface area (Å²) in [4.78, 5) is 0. The van der Waals surface area contributed by atoms with Gasteiger partial charge in [0, 0.05) is 31.7 Å². The predicted octanol–water partition coefficient (Wildman–Crippen LogP) is 14.7. The van der Waals surface area contributed by atoms with E-state index in [1.54, 1.807) is 0 Å². The molecule has 4 aliphatic rings. The van der Waals surface area contributed by atoms with Crippen molar-refractivity contribution in [2.75, 3.05) is 19.8 Å². The van der Waals surface area contributed by atoms with E-state index in [0.29, 0.717) is 41.8 Å². The summed E-state index contributed by atoms with van der Waals surface area (Å²) in [6.07, 6.45) is 32.1. The topological polar surface area (TPSA) is 27.7 Å². The largest absolute Gasteiger partial charge is 0.377 e. The van der Waals surface area contributed by atoms with E-state index in [1.165, 1.54) is 114 Å². The minimum absolute atomic E-state index is 0.227. The molecule has 0 radical (unpaired) electrons. The Morgan fingerprint density at radius 2 is 0.870 bits per heavy atom. The summed E-state index contributed by atoms with van der Waals surface area (Å²) < 4.78 is 18.7. The number of allylic oxidation sites excluding steroid dienone is 2. The van der Waals surface area contributed by atoms with Gasteiger partial charge in [0.2, 0.25) is 0 Å². The Hall–Kier alpha value is -2.20. The van der Waals surface area contributed by atoms with Crippen molar-refractivity contribution in [3.63, 3.8) is 0 Å². The maximum Gasteiger partial charge on any atom is 0.0887 e. The van der Waals surface area contributed by atoms with Gasteiger partial charge in [-0.05, 0) is 105 Å². The molecule has 302 valence electrons. The van der Waals surface area contributed by atoms with Crippen molar-refractivity contribution in [2.45, 2.75) is 163 Å². The molecule has 6 rings (SSSR count). The number of hydrogen-bond donors (Lipinski definition) is 0. The fourth-order valence-electron chi connectivity index (χ4n) is 8.86. The molecular weight excluding hydrogens is 661 g/mol. The zero-order valence-corrected chi connectivity index (χ0v) is 35.5. The molecule has 5 atom stereocenters. The highest BCUT2D eigenvalue weighted by Gasteiger charge is 2.31. The van der Waals surface area contributed by atoms with Gasteiger partial charge in [0.15, 0.2) is 0 Å². The first-order valence-corrected chi connectivity index (χ1v) is 22.6. The molecule has 0 aliphatic heterocycles. The van der Waals surface area contributed by atoms with E-state index in [-0.39, 0.29) is 6.10 Å². The van der Waals surface area contributed by atoms with E-state index < -0.39 is 0 Å². The average molecular weight is 741 g/mol. The molecule has 0 aromatic heterocycles. The van der Waals surface area contributed by atoms with Crippen LogP contribution in [0.2, 0.25) is 0 Å². The minimum atomic E-state index is 0.227. The van der Waals surface area contributed by atoms with Crippen LogP contribution in [0.15, 0.2) is 85.0 Å². The molecule has 2 aromatic rings. The Balaban J connectivity index is 0.000000180. The second-order valence-corrected chi connectivity index (χ2v) is 18.2. The van der Waals surface area contributed by atoms with E-state index in [9.17, 15) is 0 Å². The summed E-state index contributed by atoms with van der Waals surface area (Å²) in [7, 11) is 0. The molecule has 0 heterocycles. The first kappa shape index (κ1) is 44.5. The number of hydrogen-bond acceptors (Lipinski definition) is 3. The van der Waals surface area contributed by atoms with Gasteiger partial charge in [-0.25, -0.2) is 0 Å². The van der Waals surface area contributed by atoms with Gasteiger partial charge in [-0.2, -0.15) is 0 Å². The molecule has 2 aromatic carbocycles. The van der Waals surface area contributed by atoms with Crippen molar-refractivity contribution < 1.29 is 14.2 Å². The van der Waals surface area contributed by atoms with Crippen LogP contribution in [0.1, 0.15) is 168 Å². The third-order valence-corrected chi connectivity index (χ3v) is 11.7. The van der Waals surface area contributed by atoms with Crippen LogP contribution in [-0.4, -0.2) is 25.9 Å². The Bertz CT molecular complexity index is 1250. The van der Waals surface area contributed by atoms with Gasteiger partial charge in [0.05, 0.1) is 18.3 Å². The lowest BCUT2D eigenvalue weighted by atomic mass is 9.77. The second kappa shape index (κ2) is 25.9. The van der Waals surface area contributed by atoms with Crippen LogP contribution in [0.3, 0.4) is 0 Å². The van der Waals surface area contributed by atoms with Crippen LogP contribution in [0.5, 0.6) is 0 Å². The molecule has 3 heteroatoms. The maximum atomic E-state index is 6.33. The molecule has 0 N–H and O–H groups in total. The Labute approximate surface area is 333 Å². The molecule has 3 nitrogen and oxygen atoms in total. The lowest BCUT2D eigenvalue weighted by Gasteiger charge is -2.36. The van der Waals surface area contributed by atoms with Gasteiger partial charge in [0.1, 0.15) is 0 Å². The first-order chi connectivity index (χ1) is 26.3. The summed E-state index contributed by atoms with van der Waals surface area (Å²) in [6, 6.07) is 21.4. The van der Waals surface area contributed by atoms with Crippen molar-refractivity contribution in [3.05, 3.63) is 96.1 Å². The van der Waals surface area contributed by atoms with Crippen molar-refractivity contribution in [3.8, 4) is 0 Å². The van der Waals surface area contributed by atoms with Gasteiger partial charge < -0.3 is 14.2 Å². The monoisotopic (exact) mass is 741 g/mol. The van der Waals surface area contributed by atoms with Gasteiger partial charge in [0.25, 0.3) is 0 Å². The number of ether oxygens (including phenoxy) is 3. The van der Waals surface area contributed by atoms with Gasteiger partial charge in [-0.1, -0.05) is 165 Å². The molecule has 0 bridgehead atoms. The van der Waals surface area contributed by atoms with E-state index >= 15 is 0 Å². The summed E-state index contributed by atoms with van der Waals surface area (Å²) in [6.45, 7) is 16.0. The zero-order valence-electron chi connectivity index (χ0n) is 35.5. The van der Waals surface area contributed by atoms with Crippen molar-refractivity contribution in [1.82, 2.24) is 0 Å². The smallest absolute Gasteiger partial charge is 0.0887 e. The van der Waals surface area contributed by atoms with Crippen molar-refractivity contribution in [2.24, 2.45) is 41.4 Å². The molecular formula is C51H80O3. The highest BCUT2D eigenvalue weighted by atomic mass is 16.5. The maximum absolute atomic E-state index is 6.33. The third-order valence-electron chi connectivity index (χ3n) is 11.7.